The highest BCUT2D eigenvalue weighted by Crippen LogP contribution is 2.34. The lowest BCUT2D eigenvalue weighted by Crippen LogP contribution is -2.02. The zero-order valence-corrected chi connectivity index (χ0v) is 13.1. The summed E-state index contributed by atoms with van der Waals surface area (Å²) in [4.78, 5) is 13.0. The normalized spacial score (nSPS) is 12.5. The number of thioether (sulfide) groups is 1. The molecule has 0 aromatic heterocycles. The van der Waals surface area contributed by atoms with Gasteiger partial charge in [0.25, 0.3) is 0 Å². The van der Waals surface area contributed by atoms with Crippen LogP contribution in [0.3, 0.4) is 0 Å². The third kappa shape index (κ3) is 3.28. The lowest BCUT2D eigenvalue weighted by molar-refractivity contribution is 0.102. The lowest BCUT2D eigenvalue weighted by Gasteiger charge is -2.05. The topological polar surface area (TPSA) is 35.5 Å². The summed E-state index contributed by atoms with van der Waals surface area (Å²) in [5, 5.41) is 1.18. The van der Waals surface area contributed by atoms with Crippen molar-refractivity contribution in [1.29, 1.82) is 0 Å². The Balaban J connectivity index is 1.70. The van der Waals surface area contributed by atoms with Crippen LogP contribution in [0.5, 0.6) is 11.5 Å². The number of carbonyl (C=O) groups is 1. The summed E-state index contributed by atoms with van der Waals surface area (Å²) >= 11 is 13.4. The van der Waals surface area contributed by atoms with Gasteiger partial charge in [0, 0.05) is 15.5 Å². The van der Waals surface area contributed by atoms with E-state index in [-0.39, 0.29) is 18.3 Å². The van der Waals surface area contributed by atoms with Crippen LogP contribution in [0.4, 0.5) is 0 Å². The van der Waals surface area contributed by atoms with Crippen LogP contribution < -0.4 is 9.47 Å². The molecule has 0 bridgehead atoms. The predicted molar refractivity (Wildman–Crippen MR) is 84.1 cm³/mol. The van der Waals surface area contributed by atoms with E-state index in [0.29, 0.717) is 27.1 Å². The van der Waals surface area contributed by atoms with Gasteiger partial charge in [-0.05, 0) is 36.4 Å². The van der Waals surface area contributed by atoms with Gasteiger partial charge < -0.3 is 9.47 Å². The number of hydrogen-bond donors (Lipinski definition) is 0. The Labute approximate surface area is 136 Å². The molecule has 6 heteroatoms. The molecule has 0 unspecified atom stereocenters. The molecule has 2 aromatic carbocycles. The van der Waals surface area contributed by atoms with Crippen LogP contribution in [-0.4, -0.2) is 18.3 Å². The second-order valence-corrected chi connectivity index (χ2v) is 6.22. The first-order valence-electron chi connectivity index (χ1n) is 6.14. The highest BCUT2D eigenvalue weighted by molar-refractivity contribution is 8.00. The van der Waals surface area contributed by atoms with Crippen LogP contribution in [0.15, 0.2) is 41.3 Å². The molecule has 0 amide bonds. The summed E-state index contributed by atoms with van der Waals surface area (Å²) in [6.07, 6.45) is 0. The number of rotatable bonds is 4. The summed E-state index contributed by atoms with van der Waals surface area (Å²) in [6.45, 7) is 0.194. The van der Waals surface area contributed by atoms with E-state index in [9.17, 15) is 4.79 Å². The minimum absolute atomic E-state index is 0.00524. The van der Waals surface area contributed by atoms with Crippen LogP contribution in [-0.2, 0) is 0 Å². The number of fused-ring (bicyclic) bond motifs is 1. The van der Waals surface area contributed by atoms with Gasteiger partial charge in [-0.3, -0.25) is 4.79 Å². The van der Waals surface area contributed by atoms with Crippen molar-refractivity contribution in [2.45, 2.75) is 4.90 Å². The van der Waals surface area contributed by atoms with Crippen molar-refractivity contribution in [1.82, 2.24) is 0 Å². The fourth-order valence-electron chi connectivity index (χ4n) is 1.88. The molecule has 0 atom stereocenters. The maximum Gasteiger partial charge on any atom is 0.231 e. The standard InChI is InChI=1S/C15H10Cl2O3S/c16-10-2-3-11(17)15(6-10)21-7-12(18)9-1-4-13-14(5-9)20-8-19-13/h1-6H,7-8H2. The summed E-state index contributed by atoms with van der Waals surface area (Å²) in [7, 11) is 0. The molecule has 0 fully saturated rings. The third-order valence-corrected chi connectivity index (χ3v) is 4.68. The Morgan fingerprint density at radius 3 is 2.76 bits per heavy atom. The molecule has 108 valence electrons. The van der Waals surface area contributed by atoms with Crippen molar-refractivity contribution in [2.24, 2.45) is 0 Å². The molecule has 0 saturated carbocycles. The maximum atomic E-state index is 12.2. The summed E-state index contributed by atoms with van der Waals surface area (Å²) in [6, 6.07) is 10.4. The highest BCUT2D eigenvalue weighted by atomic mass is 35.5. The molecule has 1 aliphatic rings. The van der Waals surface area contributed by atoms with Crippen molar-refractivity contribution in [3.8, 4) is 11.5 Å². The van der Waals surface area contributed by atoms with Crippen LogP contribution >= 0.6 is 35.0 Å². The van der Waals surface area contributed by atoms with Crippen LogP contribution in [0.2, 0.25) is 10.0 Å². The summed E-state index contributed by atoms with van der Waals surface area (Å²) in [5.74, 6) is 1.54. The third-order valence-electron chi connectivity index (χ3n) is 2.95. The zero-order chi connectivity index (χ0) is 14.8. The van der Waals surface area contributed by atoms with Gasteiger partial charge in [-0.25, -0.2) is 0 Å². The molecule has 0 spiro atoms. The van der Waals surface area contributed by atoms with E-state index < -0.39 is 0 Å². The van der Waals surface area contributed by atoms with E-state index in [4.69, 9.17) is 32.7 Å². The van der Waals surface area contributed by atoms with Gasteiger partial charge in [0.2, 0.25) is 6.79 Å². The minimum Gasteiger partial charge on any atom is -0.454 e. The van der Waals surface area contributed by atoms with E-state index in [1.807, 2.05) is 0 Å². The van der Waals surface area contributed by atoms with Gasteiger partial charge >= 0.3 is 0 Å². The average Bonchev–Trinajstić information content (AvgIpc) is 2.95. The molecule has 0 N–H and O–H groups in total. The van der Waals surface area contributed by atoms with Crippen LogP contribution in [0.25, 0.3) is 0 Å². The number of halogens is 2. The average molecular weight is 341 g/mol. The smallest absolute Gasteiger partial charge is 0.231 e. The molecule has 1 heterocycles. The number of ketones is 1. The van der Waals surface area contributed by atoms with Crippen molar-refractivity contribution in [2.75, 3.05) is 12.5 Å². The Morgan fingerprint density at radius 2 is 1.90 bits per heavy atom. The van der Waals surface area contributed by atoms with Crippen LogP contribution in [0, 0.1) is 0 Å². The molecule has 0 saturated heterocycles. The Bertz CT molecular complexity index is 703. The fraction of sp³-hybridized carbons (Fsp3) is 0.133. The number of carbonyl (C=O) groups excluding carboxylic acids is 1. The van der Waals surface area contributed by atoms with E-state index in [1.165, 1.54) is 11.8 Å². The number of Topliss-reactive ketones (excluding diaryl/α,β-unsaturated/α-hetero) is 1. The van der Waals surface area contributed by atoms with E-state index >= 15 is 0 Å². The number of ether oxygens (including phenoxy) is 2. The second kappa shape index (κ2) is 6.18. The first-order valence-corrected chi connectivity index (χ1v) is 7.88. The molecule has 0 aliphatic carbocycles. The maximum absolute atomic E-state index is 12.2. The predicted octanol–water partition coefficient (Wildman–Crippen LogP) is 4.70. The van der Waals surface area contributed by atoms with Gasteiger partial charge in [0.1, 0.15) is 0 Å². The van der Waals surface area contributed by atoms with Gasteiger partial charge in [0.15, 0.2) is 17.3 Å². The Morgan fingerprint density at radius 1 is 1.10 bits per heavy atom. The van der Waals surface area contributed by atoms with Crippen LogP contribution in [0.1, 0.15) is 10.4 Å². The summed E-state index contributed by atoms with van der Waals surface area (Å²) in [5.41, 5.74) is 0.588. The van der Waals surface area contributed by atoms with Gasteiger partial charge in [0.05, 0.1) is 10.8 Å². The van der Waals surface area contributed by atoms with Gasteiger partial charge in [-0.1, -0.05) is 23.2 Å². The van der Waals surface area contributed by atoms with Crippen molar-refractivity contribution in [3.05, 3.63) is 52.0 Å². The van der Waals surface area contributed by atoms with Crippen molar-refractivity contribution < 1.29 is 14.3 Å². The molecular formula is C15H10Cl2O3S. The zero-order valence-electron chi connectivity index (χ0n) is 10.8. The van der Waals surface area contributed by atoms with E-state index in [0.717, 1.165) is 4.90 Å². The molecule has 1 aliphatic heterocycles. The lowest BCUT2D eigenvalue weighted by atomic mass is 10.1. The molecular weight excluding hydrogens is 331 g/mol. The minimum atomic E-state index is -0.00524. The number of benzene rings is 2. The number of hydrogen-bond acceptors (Lipinski definition) is 4. The largest absolute Gasteiger partial charge is 0.454 e. The van der Waals surface area contributed by atoms with Gasteiger partial charge in [-0.15, -0.1) is 11.8 Å². The molecule has 0 radical (unpaired) electrons. The van der Waals surface area contributed by atoms with Crippen molar-refractivity contribution in [3.63, 3.8) is 0 Å². The molecule has 2 aromatic rings. The Hall–Kier alpha value is -1.36. The first kappa shape index (κ1) is 14.6. The van der Waals surface area contributed by atoms with Crippen molar-refractivity contribution >= 4 is 40.7 Å². The van der Waals surface area contributed by atoms with Gasteiger partial charge in [-0.2, -0.15) is 0 Å². The monoisotopic (exact) mass is 340 g/mol. The molecule has 3 rings (SSSR count). The fourth-order valence-corrected chi connectivity index (χ4v) is 3.27. The van der Waals surface area contributed by atoms with E-state index in [1.54, 1.807) is 36.4 Å². The highest BCUT2D eigenvalue weighted by Gasteiger charge is 2.16. The summed E-state index contributed by atoms with van der Waals surface area (Å²) < 4.78 is 10.5. The first-order chi connectivity index (χ1) is 10.1. The second-order valence-electron chi connectivity index (χ2n) is 4.35. The Kier molecular flexibility index (Phi) is 4.29. The SMILES string of the molecule is O=C(CSc1cc(Cl)ccc1Cl)c1ccc2c(c1)OCO2. The molecule has 3 nitrogen and oxygen atoms in total. The quantitative estimate of drug-likeness (QED) is 0.597. The molecule has 21 heavy (non-hydrogen) atoms. The van der Waals surface area contributed by atoms with E-state index in [2.05, 4.69) is 0 Å².